The Labute approximate surface area is 200 Å². The van der Waals surface area contributed by atoms with Crippen molar-refractivity contribution in [3.05, 3.63) is 29.3 Å². The number of aliphatic carboxylic acids is 1. The molecule has 11 heteroatoms. The van der Waals surface area contributed by atoms with Gasteiger partial charge in [-0.1, -0.05) is 0 Å². The number of nitriles is 1. The fourth-order valence-electron chi connectivity index (χ4n) is 5.98. The number of imide groups is 1. The van der Waals surface area contributed by atoms with E-state index in [0.717, 1.165) is 11.0 Å². The molecule has 1 N–H and O–H groups in total. The zero-order chi connectivity index (χ0) is 25.9. The molecular formula is C24H26F3N3O5. The molecule has 2 amide bonds. The lowest BCUT2D eigenvalue weighted by Crippen LogP contribution is -2.60. The van der Waals surface area contributed by atoms with Gasteiger partial charge >= 0.3 is 12.1 Å². The molecule has 5 atom stereocenters. The van der Waals surface area contributed by atoms with Crippen LogP contribution in [0.2, 0.25) is 0 Å². The summed E-state index contributed by atoms with van der Waals surface area (Å²) in [5, 5.41) is 18.0. The van der Waals surface area contributed by atoms with Crippen LogP contribution in [0.4, 0.5) is 18.9 Å². The van der Waals surface area contributed by atoms with Crippen molar-refractivity contribution >= 4 is 23.5 Å². The molecule has 1 aromatic carbocycles. The molecule has 3 heterocycles. The highest BCUT2D eigenvalue weighted by molar-refractivity contribution is 6.23. The van der Waals surface area contributed by atoms with Crippen molar-refractivity contribution in [2.75, 3.05) is 18.0 Å². The number of carboxylic acids is 1. The number of likely N-dealkylation sites (tertiary alicyclic amines) is 1. The highest BCUT2D eigenvalue weighted by Crippen LogP contribution is 2.56. The van der Waals surface area contributed by atoms with E-state index in [2.05, 4.69) is 4.90 Å². The predicted molar refractivity (Wildman–Crippen MR) is 116 cm³/mol. The minimum atomic E-state index is -4.82. The largest absolute Gasteiger partial charge is 0.481 e. The van der Waals surface area contributed by atoms with Gasteiger partial charge in [-0.3, -0.25) is 19.3 Å². The molecule has 0 aromatic heterocycles. The van der Waals surface area contributed by atoms with E-state index in [9.17, 15) is 27.6 Å². The molecule has 5 unspecified atom stereocenters. The van der Waals surface area contributed by atoms with Gasteiger partial charge in [0.05, 0.1) is 45.9 Å². The van der Waals surface area contributed by atoms with Crippen LogP contribution in [0, 0.1) is 23.2 Å². The van der Waals surface area contributed by atoms with Gasteiger partial charge in [0, 0.05) is 25.6 Å². The first-order valence-electron chi connectivity index (χ1n) is 11.4. The average molecular weight is 493 g/mol. The third-order valence-electron chi connectivity index (χ3n) is 7.45. The van der Waals surface area contributed by atoms with E-state index in [4.69, 9.17) is 15.1 Å². The molecule has 1 aromatic rings. The second-order valence-electron chi connectivity index (χ2n) is 10.1. The van der Waals surface area contributed by atoms with E-state index in [1.807, 2.05) is 6.92 Å². The average Bonchev–Trinajstić information content (AvgIpc) is 3.12. The molecule has 3 saturated heterocycles. The summed E-state index contributed by atoms with van der Waals surface area (Å²) in [4.78, 5) is 40.8. The molecule has 0 spiro atoms. The number of rotatable bonds is 6. The first kappa shape index (κ1) is 25.1. The molecule has 0 aliphatic carbocycles. The number of nitrogens with zero attached hydrogens (tertiary/aromatic N) is 3. The normalized spacial score (nSPS) is 31.4. The van der Waals surface area contributed by atoms with Crippen LogP contribution in [0.5, 0.6) is 0 Å². The van der Waals surface area contributed by atoms with Crippen molar-refractivity contribution in [1.82, 2.24) is 4.90 Å². The Bertz CT molecular complexity index is 1100. The quantitative estimate of drug-likeness (QED) is 0.606. The fourth-order valence-corrected chi connectivity index (χ4v) is 5.98. The molecule has 0 radical (unpaired) electrons. The zero-order valence-corrected chi connectivity index (χ0v) is 19.6. The van der Waals surface area contributed by atoms with Gasteiger partial charge in [-0.15, -0.1) is 0 Å². The third kappa shape index (κ3) is 4.08. The third-order valence-corrected chi connectivity index (χ3v) is 7.45. The summed E-state index contributed by atoms with van der Waals surface area (Å²) in [5.41, 5.74) is -4.10. The SMILES string of the molecule is CC(CCCC(=O)O)N1CC2(C)OC(C)(C1)C1C(=O)N(c3ccc(C#N)c(C(F)(F)F)c3)C(=O)C12. The van der Waals surface area contributed by atoms with Gasteiger partial charge in [0.15, 0.2) is 0 Å². The highest BCUT2D eigenvalue weighted by atomic mass is 19.4. The standard InChI is InChI=1S/C24H26F3N3O5/c1-13(5-4-6-17(31)32)29-11-22(2)18-19(23(3,12-29)35-22)21(34)30(20(18)33)15-8-7-14(10-28)16(9-15)24(25,26)27/h7-9,13,18-19H,4-6,11-12H2,1-3H3,(H,31,32). The Morgan fingerprint density at radius 2 is 1.80 bits per heavy atom. The van der Waals surface area contributed by atoms with Gasteiger partial charge in [-0.25, -0.2) is 4.90 Å². The summed E-state index contributed by atoms with van der Waals surface area (Å²) in [6, 6.07) is 4.31. The van der Waals surface area contributed by atoms with Gasteiger partial charge in [-0.2, -0.15) is 18.4 Å². The first-order chi connectivity index (χ1) is 16.2. The minimum Gasteiger partial charge on any atom is -0.481 e. The van der Waals surface area contributed by atoms with Crippen molar-refractivity contribution in [3.8, 4) is 6.07 Å². The van der Waals surface area contributed by atoms with Gasteiger partial charge < -0.3 is 9.84 Å². The molecule has 3 aliphatic rings. The van der Waals surface area contributed by atoms with Crippen molar-refractivity contribution in [3.63, 3.8) is 0 Å². The lowest BCUT2D eigenvalue weighted by Gasteiger charge is -2.47. The lowest BCUT2D eigenvalue weighted by atomic mass is 9.79. The maximum absolute atomic E-state index is 13.5. The number of carboxylic acid groups (broad SMARTS) is 1. The number of hydrogen-bond donors (Lipinski definition) is 1. The maximum Gasteiger partial charge on any atom is 0.417 e. The van der Waals surface area contributed by atoms with Crippen LogP contribution in [0.25, 0.3) is 0 Å². The molecule has 188 valence electrons. The zero-order valence-electron chi connectivity index (χ0n) is 19.6. The monoisotopic (exact) mass is 493 g/mol. The molecule has 3 fully saturated rings. The molecule has 8 nitrogen and oxygen atoms in total. The number of halogens is 3. The van der Waals surface area contributed by atoms with E-state index in [0.29, 0.717) is 32.0 Å². The Hall–Kier alpha value is -2.97. The lowest BCUT2D eigenvalue weighted by molar-refractivity contribution is -0.175. The second-order valence-corrected chi connectivity index (χ2v) is 10.1. The number of ether oxygens (including phenoxy) is 1. The summed E-state index contributed by atoms with van der Waals surface area (Å²) in [6.07, 6.45) is -3.67. The Morgan fingerprint density at radius 1 is 1.23 bits per heavy atom. The number of benzene rings is 1. The first-order valence-corrected chi connectivity index (χ1v) is 11.4. The molecule has 35 heavy (non-hydrogen) atoms. The van der Waals surface area contributed by atoms with Crippen LogP contribution in [0.1, 0.15) is 51.2 Å². The summed E-state index contributed by atoms with van der Waals surface area (Å²) >= 11 is 0. The summed E-state index contributed by atoms with van der Waals surface area (Å²) < 4.78 is 46.7. The molecule has 4 rings (SSSR count). The van der Waals surface area contributed by atoms with Crippen LogP contribution in [0.3, 0.4) is 0 Å². The Morgan fingerprint density at radius 3 is 2.29 bits per heavy atom. The number of amides is 2. The maximum atomic E-state index is 13.5. The van der Waals surface area contributed by atoms with Crippen molar-refractivity contribution in [2.45, 2.75) is 63.5 Å². The van der Waals surface area contributed by atoms with E-state index in [-0.39, 0.29) is 18.2 Å². The Balaban J connectivity index is 1.63. The van der Waals surface area contributed by atoms with Crippen LogP contribution >= 0.6 is 0 Å². The van der Waals surface area contributed by atoms with E-state index in [1.165, 1.54) is 12.1 Å². The van der Waals surface area contributed by atoms with Crippen LogP contribution in [-0.2, 0) is 25.3 Å². The van der Waals surface area contributed by atoms with Gasteiger partial charge in [0.1, 0.15) is 0 Å². The summed E-state index contributed by atoms with van der Waals surface area (Å²) in [7, 11) is 0. The number of hydrogen-bond acceptors (Lipinski definition) is 6. The second kappa shape index (κ2) is 8.31. The topological polar surface area (TPSA) is 111 Å². The number of fused-ring (bicyclic) bond motifs is 5. The molecular weight excluding hydrogens is 467 g/mol. The van der Waals surface area contributed by atoms with E-state index in [1.54, 1.807) is 13.8 Å². The highest BCUT2D eigenvalue weighted by Gasteiger charge is 2.71. The molecule has 3 aliphatic heterocycles. The Kier molecular flexibility index (Phi) is 5.97. The summed E-state index contributed by atoms with van der Waals surface area (Å²) in [6.45, 7) is 6.08. The van der Waals surface area contributed by atoms with Crippen molar-refractivity contribution in [1.29, 1.82) is 5.26 Å². The molecule has 0 saturated carbocycles. The van der Waals surface area contributed by atoms with Crippen molar-refractivity contribution < 1.29 is 37.4 Å². The van der Waals surface area contributed by atoms with Crippen LogP contribution < -0.4 is 4.90 Å². The fraction of sp³-hybridized carbons (Fsp3) is 0.583. The van der Waals surface area contributed by atoms with Crippen LogP contribution in [-0.4, -0.2) is 58.1 Å². The van der Waals surface area contributed by atoms with Gasteiger partial charge in [0.2, 0.25) is 11.8 Å². The van der Waals surface area contributed by atoms with Gasteiger partial charge in [-0.05, 0) is 51.8 Å². The summed E-state index contributed by atoms with van der Waals surface area (Å²) in [5.74, 6) is -3.86. The van der Waals surface area contributed by atoms with E-state index < -0.39 is 58.1 Å². The number of carbonyl (C=O) groups excluding carboxylic acids is 2. The number of morpholine rings is 1. The van der Waals surface area contributed by atoms with E-state index >= 15 is 0 Å². The smallest absolute Gasteiger partial charge is 0.417 e. The van der Waals surface area contributed by atoms with Gasteiger partial charge in [0.25, 0.3) is 0 Å². The molecule has 2 bridgehead atoms. The predicted octanol–water partition coefficient (Wildman–Crippen LogP) is 3.19. The van der Waals surface area contributed by atoms with Crippen LogP contribution in [0.15, 0.2) is 18.2 Å². The number of alkyl halides is 3. The minimum absolute atomic E-state index is 0.00935. The number of carbonyl (C=O) groups is 3. The van der Waals surface area contributed by atoms with Crippen molar-refractivity contribution in [2.24, 2.45) is 11.8 Å². The number of anilines is 1.